The summed E-state index contributed by atoms with van der Waals surface area (Å²) in [6.45, 7) is 8.36. The van der Waals surface area contributed by atoms with Crippen molar-refractivity contribution >= 4 is 5.91 Å². The van der Waals surface area contributed by atoms with E-state index in [1.165, 1.54) is 0 Å². The van der Waals surface area contributed by atoms with Crippen LogP contribution in [0.15, 0.2) is 24.9 Å². The molecule has 2 heteroatoms. The Kier molecular flexibility index (Phi) is 6.07. The van der Waals surface area contributed by atoms with Crippen LogP contribution in [0.5, 0.6) is 0 Å². The fraction of sp³-hybridized carbons (Fsp3) is 0.500. The van der Waals surface area contributed by atoms with Crippen LogP contribution in [0.25, 0.3) is 0 Å². The molecule has 0 radical (unpaired) electrons. The highest BCUT2D eigenvalue weighted by Gasteiger charge is 2.15. The summed E-state index contributed by atoms with van der Waals surface area (Å²) in [7, 11) is 0. The minimum atomic E-state index is 0.208. The Morgan fingerprint density at radius 3 is 2.17 bits per heavy atom. The Morgan fingerprint density at radius 2 is 2.00 bits per heavy atom. The minimum absolute atomic E-state index is 0.208. The zero-order chi connectivity index (χ0) is 9.40. The van der Waals surface area contributed by atoms with Crippen molar-refractivity contribution in [1.82, 2.24) is 4.90 Å². The second kappa shape index (κ2) is 6.65. The molecule has 1 amide bonds. The molecule has 0 aliphatic carbocycles. The molecular weight excluding hydrogens is 150 g/mol. The minimum Gasteiger partial charge on any atom is -0.320 e. The molecule has 1 aliphatic rings. The van der Waals surface area contributed by atoms with Crippen LogP contribution in [0, 0.1) is 0 Å². The molecule has 1 fully saturated rings. The predicted octanol–water partition coefficient (Wildman–Crippen LogP) is 2.33. The van der Waals surface area contributed by atoms with Crippen LogP contribution in [0.2, 0.25) is 0 Å². The first-order chi connectivity index (χ1) is 5.76. The molecule has 0 aromatic carbocycles. The first-order valence-electron chi connectivity index (χ1n) is 4.25. The van der Waals surface area contributed by atoms with Crippen molar-refractivity contribution in [1.29, 1.82) is 0 Å². The van der Waals surface area contributed by atoms with Gasteiger partial charge in [-0.15, -0.1) is 0 Å². The van der Waals surface area contributed by atoms with Crippen LogP contribution < -0.4 is 0 Å². The molecule has 1 heterocycles. The Bertz CT molecular complexity index is 169. The Balaban J connectivity index is 0.000000261. The van der Waals surface area contributed by atoms with Gasteiger partial charge in [0.1, 0.15) is 0 Å². The van der Waals surface area contributed by atoms with Crippen molar-refractivity contribution in [2.75, 3.05) is 6.54 Å². The normalized spacial score (nSPS) is 16.2. The Labute approximate surface area is 74.6 Å². The first kappa shape index (κ1) is 11.0. The molecule has 0 bridgehead atoms. The van der Waals surface area contributed by atoms with Gasteiger partial charge >= 0.3 is 0 Å². The molecule has 2 nitrogen and oxygen atoms in total. The molecule has 0 N–H and O–H groups in total. The van der Waals surface area contributed by atoms with Gasteiger partial charge in [-0.1, -0.05) is 18.7 Å². The highest BCUT2D eigenvalue weighted by Crippen LogP contribution is 2.08. The van der Waals surface area contributed by atoms with E-state index in [-0.39, 0.29) is 5.91 Å². The summed E-state index contributed by atoms with van der Waals surface area (Å²) in [5.41, 5.74) is 0. The van der Waals surface area contributed by atoms with E-state index in [1.54, 1.807) is 11.1 Å². The van der Waals surface area contributed by atoms with Crippen molar-refractivity contribution in [3.63, 3.8) is 0 Å². The molecule has 1 rings (SSSR count). The van der Waals surface area contributed by atoms with Crippen LogP contribution in [0.4, 0.5) is 0 Å². The van der Waals surface area contributed by atoms with E-state index in [0.717, 1.165) is 13.0 Å². The zero-order valence-electron chi connectivity index (χ0n) is 7.92. The number of likely N-dealkylation sites (tertiary alicyclic amines) is 1. The predicted molar refractivity (Wildman–Crippen MR) is 51.6 cm³/mol. The lowest BCUT2D eigenvalue weighted by Crippen LogP contribution is -2.16. The van der Waals surface area contributed by atoms with Gasteiger partial charge in [0, 0.05) is 13.0 Å². The number of rotatable bonds is 1. The quantitative estimate of drug-likeness (QED) is 0.549. The summed E-state index contributed by atoms with van der Waals surface area (Å²) >= 11 is 0. The maximum absolute atomic E-state index is 10.7. The summed E-state index contributed by atoms with van der Waals surface area (Å²) in [6.07, 6.45) is 7.28. The van der Waals surface area contributed by atoms with Gasteiger partial charge in [0.2, 0.25) is 5.91 Å². The molecule has 1 aliphatic heterocycles. The SMILES string of the molecule is C=CN1CCCC1=O.CC=CC. The molecule has 0 atom stereocenters. The van der Waals surface area contributed by atoms with Crippen molar-refractivity contribution < 1.29 is 4.79 Å². The molecule has 0 saturated carbocycles. The van der Waals surface area contributed by atoms with Gasteiger partial charge in [-0.25, -0.2) is 0 Å². The van der Waals surface area contributed by atoms with Gasteiger partial charge in [-0.05, 0) is 26.5 Å². The second-order valence-electron chi connectivity index (χ2n) is 2.54. The Morgan fingerprint density at radius 1 is 1.42 bits per heavy atom. The van der Waals surface area contributed by atoms with E-state index >= 15 is 0 Å². The Hall–Kier alpha value is -1.05. The number of amides is 1. The lowest BCUT2D eigenvalue weighted by atomic mass is 10.4. The van der Waals surface area contributed by atoms with Crippen molar-refractivity contribution in [2.45, 2.75) is 26.7 Å². The van der Waals surface area contributed by atoms with Crippen molar-refractivity contribution in [2.24, 2.45) is 0 Å². The maximum Gasteiger partial charge on any atom is 0.226 e. The van der Waals surface area contributed by atoms with Gasteiger partial charge in [0.25, 0.3) is 0 Å². The van der Waals surface area contributed by atoms with E-state index in [9.17, 15) is 4.79 Å². The van der Waals surface area contributed by atoms with E-state index in [2.05, 4.69) is 6.58 Å². The van der Waals surface area contributed by atoms with Crippen LogP contribution >= 0.6 is 0 Å². The third-order valence-corrected chi connectivity index (χ3v) is 1.66. The molecule has 68 valence electrons. The maximum atomic E-state index is 10.7. The molecule has 1 saturated heterocycles. The topological polar surface area (TPSA) is 20.3 Å². The third-order valence-electron chi connectivity index (χ3n) is 1.66. The van der Waals surface area contributed by atoms with Crippen molar-refractivity contribution in [3.8, 4) is 0 Å². The lowest BCUT2D eigenvalue weighted by molar-refractivity contribution is -0.125. The monoisotopic (exact) mass is 167 g/mol. The number of allylic oxidation sites excluding steroid dienone is 2. The average Bonchev–Trinajstić information content (AvgIpc) is 2.51. The second-order valence-corrected chi connectivity index (χ2v) is 2.54. The average molecular weight is 167 g/mol. The number of hydrogen-bond acceptors (Lipinski definition) is 1. The van der Waals surface area contributed by atoms with Crippen molar-refractivity contribution in [3.05, 3.63) is 24.9 Å². The highest BCUT2D eigenvalue weighted by atomic mass is 16.2. The molecule has 0 spiro atoms. The third kappa shape index (κ3) is 3.96. The van der Waals surface area contributed by atoms with Gasteiger partial charge in [0.05, 0.1) is 0 Å². The zero-order valence-corrected chi connectivity index (χ0v) is 7.92. The fourth-order valence-electron chi connectivity index (χ4n) is 0.862. The van der Waals surface area contributed by atoms with E-state index in [0.29, 0.717) is 6.42 Å². The molecule has 12 heavy (non-hydrogen) atoms. The van der Waals surface area contributed by atoms with E-state index in [4.69, 9.17) is 0 Å². The summed E-state index contributed by atoms with van der Waals surface area (Å²) in [4.78, 5) is 12.3. The van der Waals surface area contributed by atoms with Crippen LogP contribution in [0.1, 0.15) is 26.7 Å². The van der Waals surface area contributed by atoms with Crippen LogP contribution in [-0.4, -0.2) is 17.4 Å². The highest BCUT2D eigenvalue weighted by molar-refractivity contribution is 5.78. The molecule has 0 aromatic rings. The largest absolute Gasteiger partial charge is 0.320 e. The van der Waals surface area contributed by atoms with Gasteiger partial charge in [0.15, 0.2) is 0 Å². The van der Waals surface area contributed by atoms with Crippen LogP contribution in [0.3, 0.4) is 0 Å². The van der Waals surface area contributed by atoms with E-state index in [1.807, 2.05) is 26.0 Å². The lowest BCUT2D eigenvalue weighted by Gasteiger charge is -2.05. The smallest absolute Gasteiger partial charge is 0.226 e. The fourth-order valence-corrected chi connectivity index (χ4v) is 0.862. The molecule has 0 unspecified atom stereocenters. The number of carbonyl (C=O) groups is 1. The first-order valence-corrected chi connectivity index (χ1v) is 4.25. The molecule has 0 aromatic heterocycles. The van der Waals surface area contributed by atoms with Crippen LogP contribution in [-0.2, 0) is 4.79 Å². The summed E-state index contributed by atoms with van der Waals surface area (Å²) < 4.78 is 0. The van der Waals surface area contributed by atoms with E-state index < -0.39 is 0 Å². The number of nitrogens with zero attached hydrogens (tertiary/aromatic N) is 1. The van der Waals surface area contributed by atoms with Gasteiger partial charge < -0.3 is 4.90 Å². The number of carbonyl (C=O) groups excluding carboxylic acids is 1. The summed E-state index contributed by atoms with van der Waals surface area (Å²) in [5.74, 6) is 0.208. The molecular formula is C10H17NO. The summed E-state index contributed by atoms with van der Waals surface area (Å²) in [5, 5.41) is 0. The van der Waals surface area contributed by atoms with Gasteiger partial charge in [-0.2, -0.15) is 0 Å². The number of hydrogen-bond donors (Lipinski definition) is 0. The standard InChI is InChI=1S/C6H9NO.C4H8/c1-2-7-5-3-4-6(7)8;1-3-4-2/h2H,1,3-5H2;3-4H,1-2H3. The van der Waals surface area contributed by atoms with Gasteiger partial charge in [-0.3, -0.25) is 4.79 Å². The summed E-state index contributed by atoms with van der Waals surface area (Å²) in [6, 6.07) is 0.